The first-order valence-corrected chi connectivity index (χ1v) is 8.21. The molecule has 3 rings (SSSR count). The van der Waals surface area contributed by atoms with Gasteiger partial charge in [-0.25, -0.2) is 9.18 Å². The molecule has 0 aliphatic heterocycles. The number of benzene rings is 1. The highest BCUT2D eigenvalue weighted by Crippen LogP contribution is 2.22. The van der Waals surface area contributed by atoms with Crippen LogP contribution in [0.4, 0.5) is 4.39 Å². The molecule has 0 aliphatic rings. The van der Waals surface area contributed by atoms with Crippen molar-refractivity contribution >= 4 is 11.6 Å². The standard InChI is InChI=1S/C17H16ClFN4O3/c1-10-7-16(24)23(17(25)22(10)2)9-15-20-14(21-26-15)8-13(19)11-3-5-12(18)6-4-11/h3-7,13H,8-9H2,1-2H3. The molecule has 2 heterocycles. The monoisotopic (exact) mass is 378 g/mol. The first kappa shape index (κ1) is 18.1. The fourth-order valence-electron chi connectivity index (χ4n) is 2.45. The minimum absolute atomic E-state index is 0.0614. The summed E-state index contributed by atoms with van der Waals surface area (Å²) in [5.41, 5.74) is 0.0456. The summed E-state index contributed by atoms with van der Waals surface area (Å²) in [7, 11) is 1.56. The summed E-state index contributed by atoms with van der Waals surface area (Å²) in [6.07, 6.45) is -1.42. The average Bonchev–Trinajstić information content (AvgIpc) is 3.04. The average molecular weight is 379 g/mol. The van der Waals surface area contributed by atoms with Gasteiger partial charge in [-0.2, -0.15) is 4.98 Å². The van der Waals surface area contributed by atoms with Gasteiger partial charge in [-0.15, -0.1) is 0 Å². The van der Waals surface area contributed by atoms with Gasteiger partial charge >= 0.3 is 5.69 Å². The van der Waals surface area contributed by atoms with Gasteiger partial charge in [0.15, 0.2) is 5.82 Å². The summed E-state index contributed by atoms with van der Waals surface area (Å²) in [6.45, 7) is 1.49. The van der Waals surface area contributed by atoms with E-state index in [1.807, 2.05) is 0 Å². The van der Waals surface area contributed by atoms with Crippen molar-refractivity contribution in [3.05, 3.63) is 79.2 Å². The zero-order valence-corrected chi connectivity index (χ0v) is 14.9. The number of hydrogen-bond acceptors (Lipinski definition) is 5. The van der Waals surface area contributed by atoms with E-state index in [0.29, 0.717) is 16.3 Å². The van der Waals surface area contributed by atoms with Crippen molar-refractivity contribution in [3.8, 4) is 0 Å². The molecule has 0 saturated heterocycles. The zero-order chi connectivity index (χ0) is 18.8. The van der Waals surface area contributed by atoms with Crippen LogP contribution >= 0.6 is 11.6 Å². The minimum atomic E-state index is -1.33. The van der Waals surface area contributed by atoms with Gasteiger partial charge in [0, 0.05) is 30.3 Å². The van der Waals surface area contributed by atoms with Crippen molar-refractivity contribution in [2.45, 2.75) is 26.1 Å². The molecule has 0 fully saturated rings. The second-order valence-electron chi connectivity index (χ2n) is 5.88. The molecule has 1 unspecified atom stereocenters. The Kier molecular flexibility index (Phi) is 5.03. The number of aryl methyl sites for hydroxylation is 1. The SMILES string of the molecule is Cc1cc(=O)n(Cc2nc(CC(F)c3ccc(Cl)cc3)no2)c(=O)n1C. The number of aromatic nitrogens is 4. The van der Waals surface area contributed by atoms with E-state index in [-0.39, 0.29) is 24.7 Å². The number of hydrogen-bond donors (Lipinski definition) is 0. The molecule has 0 aliphatic carbocycles. The quantitative estimate of drug-likeness (QED) is 0.679. The van der Waals surface area contributed by atoms with E-state index in [9.17, 15) is 14.0 Å². The normalized spacial score (nSPS) is 12.3. The van der Waals surface area contributed by atoms with E-state index < -0.39 is 17.4 Å². The molecule has 1 aromatic carbocycles. The number of nitrogens with zero attached hydrogens (tertiary/aromatic N) is 4. The third-order valence-corrected chi connectivity index (χ3v) is 4.29. The van der Waals surface area contributed by atoms with E-state index in [2.05, 4.69) is 10.1 Å². The molecular weight excluding hydrogens is 363 g/mol. The van der Waals surface area contributed by atoms with Crippen LogP contribution in [0.25, 0.3) is 0 Å². The van der Waals surface area contributed by atoms with Crippen molar-refractivity contribution < 1.29 is 8.91 Å². The van der Waals surface area contributed by atoms with E-state index in [1.165, 1.54) is 10.6 Å². The van der Waals surface area contributed by atoms with Crippen molar-refractivity contribution in [1.29, 1.82) is 0 Å². The molecule has 3 aromatic rings. The van der Waals surface area contributed by atoms with Crippen LogP contribution in [-0.4, -0.2) is 19.3 Å². The van der Waals surface area contributed by atoms with E-state index >= 15 is 0 Å². The Morgan fingerprint density at radius 2 is 1.96 bits per heavy atom. The molecule has 136 valence electrons. The van der Waals surface area contributed by atoms with Crippen LogP contribution in [0.1, 0.15) is 29.1 Å². The minimum Gasteiger partial charge on any atom is -0.337 e. The molecule has 0 saturated carbocycles. The molecule has 26 heavy (non-hydrogen) atoms. The molecule has 0 bridgehead atoms. The Labute approximate surface area is 152 Å². The maximum absolute atomic E-state index is 14.3. The Morgan fingerprint density at radius 1 is 1.27 bits per heavy atom. The van der Waals surface area contributed by atoms with Crippen molar-refractivity contribution in [3.63, 3.8) is 0 Å². The summed E-state index contributed by atoms with van der Waals surface area (Å²) in [5.74, 6) is 0.214. The molecule has 0 N–H and O–H groups in total. The first-order chi connectivity index (χ1) is 12.3. The molecule has 2 aromatic heterocycles. The molecule has 9 heteroatoms. The fraction of sp³-hybridized carbons (Fsp3) is 0.294. The summed E-state index contributed by atoms with van der Waals surface area (Å²) in [5, 5.41) is 4.24. The Balaban J connectivity index is 1.77. The van der Waals surface area contributed by atoms with Gasteiger partial charge < -0.3 is 9.09 Å². The van der Waals surface area contributed by atoms with E-state index in [1.54, 1.807) is 38.2 Å². The topological polar surface area (TPSA) is 82.9 Å². The predicted molar refractivity (Wildman–Crippen MR) is 93.1 cm³/mol. The molecule has 0 amide bonds. The summed E-state index contributed by atoms with van der Waals surface area (Å²) >= 11 is 5.79. The van der Waals surface area contributed by atoms with E-state index in [0.717, 1.165) is 4.57 Å². The number of halogens is 2. The molecule has 0 radical (unpaired) electrons. The summed E-state index contributed by atoms with van der Waals surface area (Å²) in [4.78, 5) is 28.3. The first-order valence-electron chi connectivity index (χ1n) is 7.83. The highest BCUT2D eigenvalue weighted by molar-refractivity contribution is 6.30. The van der Waals surface area contributed by atoms with Gasteiger partial charge in [-0.1, -0.05) is 28.9 Å². The van der Waals surface area contributed by atoms with Gasteiger partial charge in [0.05, 0.1) is 0 Å². The van der Waals surface area contributed by atoms with Crippen molar-refractivity contribution in [1.82, 2.24) is 19.3 Å². The molecule has 0 spiro atoms. The second kappa shape index (κ2) is 7.25. The number of rotatable bonds is 5. The lowest BCUT2D eigenvalue weighted by Crippen LogP contribution is -2.39. The number of alkyl halides is 1. The van der Waals surface area contributed by atoms with Crippen LogP contribution in [0.3, 0.4) is 0 Å². The second-order valence-corrected chi connectivity index (χ2v) is 6.32. The van der Waals surface area contributed by atoms with Gasteiger partial charge in [-0.3, -0.25) is 9.36 Å². The zero-order valence-electron chi connectivity index (χ0n) is 14.1. The van der Waals surface area contributed by atoms with Crippen LogP contribution in [0, 0.1) is 6.92 Å². The third kappa shape index (κ3) is 3.75. The Hall–Kier alpha value is -2.74. The predicted octanol–water partition coefficient (Wildman–Crippen LogP) is 2.19. The van der Waals surface area contributed by atoms with Crippen LogP contribution in [0.5, 0.6) is 0 Å². The summed E-state index contributed by atoms with van der Waals surface area (Å²) < 4.78 is 21.7. The van der Waals surface area contributed by atoms with Crippen molar-refractivity contribution in [2.24, 2.45) is 7.05 Å². The van der Waals surface area contributed by atoms with Crippen LogP contribution in [0.2, 0.25) is 5.02 Å². The van der Waals surface area contributed by atoms with Crippen LogP contribution in [0.15, 0.2) is 44.4 Å². The lowest BCUT2D eigenvalue weighted by Gasteiger charge is -2.06. The largest absolute Gasteiger partial charge is 0.337 e. The lowest BCUT2D eigenvalue weighted by atomic mass is 10.1. The fourth-order valence-corrected chi connectivity index (χ4v) is 2.57. The van der Waals surface area contributed by atoms with Crippen molar-refractivity contribution in [2.75, 3.05) is 0 Å². The van der Waals surface area contributed by atoms with Crippen LogP contribution in [-0.2, 0) is 20.0 Å². The van der Waals surface area contributed by atoms with E-state index in [4.69, 9.17) is 16.1 Å². The Morgan fingerprint density at radius 3 is 2.65 bits per heavy atom. The molecular formula is C17H16ClFN4O3. The van der Waals surface area contributed by atoms with Gasteiger partial charge in [-0.05, 0) is 24.6 Å². The Bertz CT molecular complexity index is 1040. The smallest absolute Gasteiger partial charge is 0.331 e. The van der Waals surface area contributed by atoms with Gasteiger partial charge in [0.25, 0.3) is 5.56 Å². The lowest BCUT2D eigenvalue weighted by molar-refractivity contribution is 0.324. The third-order valence-electron chi connectivity index (χ3n) is 4.04. The maximum atomic E-state index is 14.3. The summed E-state index contributed by atoms with van der Waals surface area (Å²) in [6, 6.07) is 7.72. The highest BCUT2D eigenvalue weighted by Gasteiger charge is 2.17. The van der Waals surface area contributed by atoms with Crippen LogP contribution < -0.4 is 11.2 Å². The molecule has 1 atom stereocenters. The maximum Gasteiger partial charge on any atom is 0.331 e. The highest BCUT2D eigenvalue weighted by atomic mass is 35.5. The van der Waals surface area contributed by atoms with Gasteiger partial charge in [0.1, 0.15) is 12.7 Å². The van der Waals surface area contributed by atoms with Gasteiger partial charge in [0.2, 0.25) is 5.89 Å². The molecule has 7 nitrogen and oxygen atoms in total.